The van der Waals surface area contributed by atoms with Crippen LogP contribution in [-0.2, 0) is 6.54 Å². The molecule has 1 heterocycles. The van der Waals surface area contributed by atoms with Gasteiger partial charge in [-0.25, -0.2) is 4.98 Å². The molecule has 0 aliphatic heterocycles. The molecule has 2 N–H and O–H groups in total. The molecule has 1 unspecified atom stereocenters. The van der Waals surface area contributed by atoms with Gasteiger partial charge in [0.2, 0.25) is 0 Å². The second kappa shape index (κ2) is 6.42. The largest absolute Gasteiger partial charge is 0.396 e. The smallest absolute Gasteiger partial charge is 0.0890 e. The first kappa shape index (κ1) is 12.9. The van der Waals surface area contributed by atoms with Crippen molar-refractivity contribution in [3.63, 3.8) is 0 Å². The van der Waals surface area contributed by atoms with E-state index in [1.165, 1.54) is 0 Å². The summed E-state index contributed by atoms with van der Waals surface area (Å²) in [6, 6.07) is 8.19. The molecule has 0 radical (unpaired) electrons. The topological polar surface area (TPSA) is 58.0 Å². The van der Waals surface area contributed by atoms with Crippen molar-refractivity contribution in [3.05, 3.63) is 36.2 Å². The van der Waals surface area contributed by atoms with Gasteiger partial charge in [-0.2, -0.15) is 0 Å². The van der Waals surface area contributed by atoms with Crippen LogP contribution in [-0.4, -0.2) is 27.7 Å². The van der Waals surface area contributed by atoms with Gasteiger partial charge in [-0.15, -0.1) is 0 Å². The van der Waals surface area contributed by atoms with Crippen LogP contribution in [0.15, 0.2) is 30.5 Å². The molecule has 0 fully saturated rings. The molecule has 96 valence electrons. The predicted molar refractivity (Wildman–Crippen MR) is 72.2 cm³/mol. The fourth-order valence-corrected chi connectivity index (χ4v) is 1.94. The number of benzene rings is 1. The summed E-state index contributed by atoms with van der Waals surface area (Å²) in [4.78, 5) is 8.93. The van der Waals surface area contributed by atoms with Crippen LogP contribution < -0.4 is 5.32 Å². The van der Waals surface area contributed by atoms with Gasteiger partial charge in [0.25, 0.3) is 0 Å². The highest BCUT2D eigenvalue weighted by Crippen LogP contribution is 2.08. The fourth-order valence-electron chi connectivity index (χ4n) is 1.94. The molecule has 0 bridgehead atoms. The van der Waals surface area contributed by atoms with Crippen molar-refractivity contribution >= 4 is 11.0 Å². The lowest BCUT2D eigenvalue weighted by atomic mass is 10.1. The molecule has 0 aliphatic carbocycles. The number of rotatable bonds is 6. The molecular formula is C14H19N3O. The molecule has 2 rings (SSSR count). The molecule has 1 aromatic carbocycles. The standard InChI is InChI=1S/C14H19N3O/c1-2-11(7-8-18)15-9-12-10-16-13-5-3-4-6-14(13)17-12/h3-6,10-11,15,18H,2,7-9H2,1H3. The molecule has 4 nitrogen and oxygen atoms in total. The second-order valence-electron chi connectivity index (χ2n) is 4.35. The minimum absolute atomic E-state index is 0.217. The molecule has 1 atom stereocenters. The van der Waals surface area contributed by atoms with Crippen molar-refractivity contribution in [2.24, 2.45) is 0 Å². The third-order valence-corrected chi connectivity index (χ3v) is 3.04. The summed E-state index contributed by atoms with van der Waals surface area (Å²) in [5, 5.41) is 12.3. The quantitative estimate of drug-likeness (QED) is 0.816. The Morgan fingerprint density at radius 3 is 2.78 bits per heavy atom. The Labute approximate surface area is 107 Å². The Bertz CT molecular complexity index is 501. The molecule has 4 heteroatoms. The summed E-state index contributed by atoms with van der Waals surface area (Å²) in [7, 11) is 0. The van der Waals surface area contributed by atoms with E-state index in [1.807, 2.05) is 24.3 Å². The third kappa shape index (κ3) is 3.24. The van der Waals surface area contributed by atoms with Gasteiger partial charge >= 0.3 is 0 Å². The number of nitrogens with one attached hydrogen (secondary N) is 1. The summed E-state index contributed by atoms with van der Waals surface area (Å²) in [6.07, 6.45) is 3.58. The van der Waals surface area contributed by atoms with Crippen molar-refractivity contribution in [1.29, 1.82) is 0 Å². The average molecular weight is 245 g/mol. The third-order valence-electron chi connectivity index (χ3n) is 3.04. The van der Waals surface area contributed by atoms with E-state index in [0.29, 0.717) is 12.6 Å². The molecule has 2 aromatic rings. The number of fused-ring (bicyclic) bond motifs is 1. The van der Waals surface area contributed by atoms with Crippen molar-refractivity contribution in [2.45, 2.75) is 32.4 Å². The van der Waals surface area contributed by atoms with E-state index in [4.69, 9.17) is 5.11 Å². The van der Waals surface area contributed by atoms with E-state index < -0.39 is 0 Å². The Kier molecular flexibility index (Phi) is 4.61. The maximum absolute atomic E-state index is 8.94. The Morgan fingerprint density at radius 2 is 2.06 bits per heavy atom. The minimum atomic E-state index is 0.217. The summed E-state index contributed by atoms with van der Waals surface area (Å²) in [5.41, 5.74) is 2.78. The number of aliphatic hydroxyl groups excluding tert-OH is 1. The molecule has 0 saturated carbocycles. The first-order valence-corrected chi connectivity index (χ1v) is 6.38. The lowest BCUT2D eigenvalue weighted by Crippen LogP contribution is -2.29. The van der Waals surface area contributed by atoms with Crippen LogP contribution in [0.5, 0.6) is 0 Å². The van der Waals surface area contributed by atoms with Crippen molar-refractivity contribution < 1.29 is 5.11 Å². The summed E-state index contributed by atoms with van der Waals surface area (Å²) < 4.78 is 0. The van der Waals surface area contributed by atoms with Gasteiger partial charge in [0.15, 0.2) is 0 Å². The van der Waals surface area contributed by atoms with Crippen LogP contribution in [0.1, 0.15) is 25.5 Å². The highest BCUT2D eigenvalue weighted by molar-refractivity contribution is 5.73. The second-order valence-corrected chi connectivity index (χ2v) is 4.35. The van der Waals surface area contributed by atoms with E-state index in [9.17, 15) is 0 Å². The summed E-state index contributed by atoms with van der Waals surface area (Å²) in [6.45, 7) is 3.02. The first-order chi connectivity index (χ1) is 8.83. The van der Waals surface area contributed by atoms with E-state index in [0.717, 1.165) is 29.6 Å². The van der Waals surface area contributed by atoms with E-state index in [1.54, 1.807) is 6.20 Å². The molecule has 0 amide bonds. The van der Waals surface area contributed by atoms with Crippen molar-refractivity contribution in [1.82, 2.24) is 15.3 Å². The number of para-hydroxylation sites is 2. The van der Waals surface area contributed by atoms with Crippen LogP contribution in [0.25, 0.3) is 11.0 Å². The van der Waals surface area contributed by atoms with E-state index in [-0.39, 0.29) is 6.61 Å². The monoisotopic (exact) mass is 245 g/mol. The van der Waals surface area contributed by atoms with Gasteiger partial charge in [0.05, 0.1) is 22.9 Å². The zero-order valence-electron chi connectivity index (χ0n) is 10.6. The Morgan fingerprint density at radius 1 is 1.28 bits per heavy atom. The van der Waals surface area contributed by atoms with E-state index in [2.05, 4.69) is 22.2 Å². The van der Waals surface area contributed by atoms with Gasteiger partial charge in [-0.05, 0) is 25.0 Å². The highest BCUT2D eigenvalue weighted by atomic mass is 16.3. The van der Waals surface area contributed by atoms with Crippen molar-refractivity contribution in [2.75, 3.05) is 6.61 Å². The normalized spacial score (nSPS) is 12.8. The van der Waals surface area contributed by atoms with Gasteiger partial charge in [0, 0.05) is 19.2 Å². The molecule has 0 saturated heterocycles. The molecule has 0 spiro atoms. The molecule has 1 aromatic heterocycles. The van der Waals surface area contributed by atoms with Crippen LogP contribution in [0.4, 0.5) is 0 Å². The molecule has 18 heavy (non-hydrogen) atoms. The lowest BCUT2D eigenvalue weighted by Gasteiger charge is -2.15. The van der Waals surface area contributed by atoms with Crippen LogP contribution in [0, 0.1) is 0 Å². The van der Waals surface area contributed by atoms with Gasteiger partial charge in [-0.1, -0.05) is 19.1 Å². The predicted octanol–water partition coefficient (Wildman–Crippen LogP) is 1.88. The SMILES string of the molecule is CCC(CCO)NCc1cnc2ccccc2n1. The van der Waals surface area contributed by atoms with Gasteiger partial charge in [0.1, 0.15) is 0 Å². The highest BCUT2D eigenvalue weighted by Gasteiger charge is 2.05. The van der Waals surface area contributed by atoms with E-state index >= 15 is 0 Å². The minimum Gasteiger partial charge on any atom is -0.396 e. The van der Waals surface area contributed by atoms with Gasteiger partial charge in [-0.3, -0.25) is 4.98 Å². The number of hydrogen-bond donors (Lipinski definition) is 2. The number of aliphatic hydroxyl groups is 1. The number of nitrogens with zero attached hydrogens (tertiary/aromatic N) is 2. The van der Waals surface area contributed by atoms with Crippen molar-refractivity contribution in [3.8, 4) is 0 Å². The maximum Gasteiger partial charge on any atom is 0.0890 e. The van der Waals surface area contributed by atoms with Crippen LogP contribution in [0.2, 0.25) is 0 Å². The molecular weight excluding hydrogens is 226 g/mol. The summed E-state index contributed by atoms with van der Waals surface area (Å²) >= 11 is 0. The first-order valence-electron chi connectivity index (χ1n) is 6.38. The lowest BCUT2D eigenvalue weighted by molar-refractivity contribution is 0.262. The van der Waals surface area contributed by atoms with Crippen LogP contribution >= 0.6 is 0 Å². The number of hydrogen-bond acceptors (Lipinski definition) is 4. The molecule has 0 aliphatic rings. The Hall–Kier alpha value is -1.52. The fraction of sp³-hybridized carbons (Fsp3) is 0.429. The summed E-state index contributed by atoms with van der Waals surface area (Å²) in [5.74, 6) is 0. The maximum atomic E-state index is 8.94. The Balaban J connectivity index is 2.03. The zero-order valence-corrected chi connectivity index (χ0v) is 10.6. The average Bonchev–Trinajstić information content (AvgIpc) is 2.43. The van der Waals surface area contributed by atoms with Gasteiger partial charge < -0.3 is 10.4 Å². The van der Waals surface area contributed by atoms with Crippen LogP contribution in [0.3, 0.4) is 0 Å². The zero-order chi connectivity index (χ0) is 12.8. The number of aromatic nitrogens is 2.